The number of hydrogen-bond donors (Lipinski definition) is 2. The first-order valence-corrected chi connectivity index (χ1v) is 8.72. The Labute approximate surface area is 159 Å². The lowest BCUT2D eigenvalue weighted by molar-refractivity contribution is -0.111. The highest BCUT2D eigenvalue weighted by atomic mass is 127. The maximum Gasteiger partial charge on any atom is 0.261 e. The van der Waals surface area contributed by atoms with Crippen LogP contribution in [-0.4, -0.2) is 11.1 Å². The van der Waals surface area contributed by atoms with Crippen molar-refractivity contribution in [3.63, 3.8) is 0 Å². The topological polar surface area (TPSA) is 67.2 Å². The summed E-state index contributed by atoms with van der Waals surface area (Å²) in [6, 6.07) is 18.9. The third-order valence-electron chi connectivity index (χ3n) is 3.40. The van der Waals surface area contributed by atoms with Gasteiger partial charge < -0.3 is 15.2 Å². The Kier molecular flexibility index (Phi) is 5.49. The summed E-state index contributed by atoms with van der Waals surface area (Å²) < 4.78 is 6.41. The van der Waals surface area contributed by atoms with E-state index in [9.17, 15) is 4.79 Å². The average Bonchev–Trinajstić information content (AvgIpc) is 3.04. The van der Waals surface area contributed by atoms with Crippen molar-refractivity contribution in [1.29, 1.82) is 0 Å². The summed E-state index contributed by atoms with van der Waals surface area (Å²) in [6.45, 7) is 1.81. The molecular weight excluding hydrogens is 429 g/mol. The zero-order chi connectivity index (χ0) is 17.6. The van der Waals surface area contributed by atoms with Crippen LogP contribution in [0.15, 0.2) is 71.4 Å². The lowest BCUT2D eigenvalue weighted by Crippen LogP contribution is -2.14. The van der Waals surface area contributed by atoms with E-state index >= 15 is 0 Å². The van der Waals surface area contributed by atoms with E-state index < -0.39 is 0 Å². The van der Waals surface area contributed by atoms with E-state index in [0.717, 1.165) is 9.26 Å². The number of carbonyl (C=O) groups is 1. The first-order chi connectivity index (χ1) is 12.1. The van der Waals surface area contributed by atoms with Crippen molar-refractivity contribution in [3.05, 3.63) is 81.9 Å². The number of nitrogens with one attached hydrogen (secondary N) is 2. The van der Waals surface area contributed by atoms with Gasteiger partial charge >= 0.3 is 0 Å². The average molecular weight is 445 g/mol. The van der Waals surface area contributed by atoms with E-state index in [0.29, 0.717) is 22.7 Å². The van der Waals surface area contributed by atoms with Crippen molar-refractivity contribution in [1.82, 2.24) is 5.16 Å². The normalized spacial score (nSPS) is 11.2. The van der Waals surface area contributed by atoms with Crippen LogP contribution in [0.5, 0.6) is 0 Å². The summed E-state index contributed by atoms with van der Waals surface area (Å²) in [7, 11) is 0. The van der Waals surface area contributed by atoms with E-state index in [1.54, 1.807) is 12.3 Å². The first-order valence-electron chi connectivity index (χ1n) is 7.64. The van der Waals surface area contributed by atoms with Crippen LogP contribution in [0.25, 0.3) is 5.57 Å². The van der Waals surface area contributed by atoms with Gasteiger partial charge in [0.05, 0.1) is 5.69 Å². The van der Waals surface area contributed by atoms with Gasteiger partial charge in [-0.3, -0.25) is 4.79 Å². The molecule has 126 valence electrons. The summed E-state index contributed by atoms with van der Waals surface area (Å²) in [4.78, 5) is 12.7. The number of para-hydroxylation sites is 1. The number of benzene rings is 2. The molecular formula is C19H16IN3O2. The number of hydrogen-bond acceptors (Lipinski definition) is 4. The lowest BCUT2D eigenvalue weighted by atomic mass is 10.2. The van der Waals surface area contributed by atoms with Gasteiger partial charge in [0.15, 0.2) is 5.76 Å². The number of nitrogens with zero attached hydrogens (tertiary/aromatic N) is 1. The van der Waals surface area contributed by atoms with Crippen LogP contribution in [0.4, 0.5) is 11.4 Å². The summed E-state index contributed by atoms with van der Waals surface area (Å²) in [5.74, 6) is 0.129. The van der Waals surface area contributed by atoms with Crippen molar-refractivity contribution in [2.24, 2.45) is 0 Å². The Hall–Kier alpha value is -2.61. The quantitative estimate of drug-likeness (QED) is 0.442. The van der Waals surface area contributed by atoms with E-state index in [4.69, 9.17) is 4.52 Å². The molecule has 0 aliphatic heterocycles. The number of anilines is 2. The molecule has 2 aromatic carbocycles. The number of amides is 1. The summed E-state index contributed by atoms with van der Waals surface area (Å²) in [5, 5.41) is 9.86. The first kappa shape index (κ1) is 17.2. The minimum Gasteiger partial charge on any atom is -0.361 e. The molecule has 3 aromatic rings. The molecule has 0 saturated heterocycles. The second kappa shape index (κ2) is 7.98. The Balaban J connectivity index is 1.85. The van der Waals surface area contributed by atoms with Gasteiger partial charge in [-0.05, 0) is 65.9 Å². The highest BCUT2D eigenvalue weighted by Crippen LogP contribution is 2.19. The van der Waals surface area contributed by atoms with Crippen LogP contribution < -0.4 is 10.6 Å². The fraction of sp³-hybridized carbons (Fsp3) is 0.0526. The van der Waals surface area contributed by atoms with Gasteiger partial charge in [0, 0.05) is 27.2 Å². The van der Waals surface area contributed by atoms with Crippen LogP contribution in [-0.2, 0) is 4.79 Å². The zero-order valence-electron chi connectivity index (χ0n) is 13.5. The molecule has 1 aromatic heterocycles. The molecule has 0 unspecified atom stereocenters. The molecule has 3 rings (SSSR count). The Bertz CT molecular complexity index is 887. The number of aromatic nitrogens is 1. The molecule has 1 amide bonds. The lowest BCUT2D eigenvalue weighted by Gasteiger charge is -2.08. The van der Waals surface area contributed by atoms with Gasteiger partial charge in [0.25, 0.3) is 5.91 Å². The molecule has 0 aliphatic rings. The van der Waals surface area contributed by atoms with E-state index in [2.05, 4.69) is 38.4 Å². The second-order valence-corrected chi connectivity index (χ2v) is 6.61. The maximum absolute atomic E-state index is 12.7. The van der Waals surface area contributed by atoms with Crippen molar-refractivity contribution in [2.75, 3.05) is 10.6 Å². The smallest absolute Gasteiger partial charge is 0.261 e. The van der Waals surface area contributed by atoms with Crippen LogP contribution >= 0.6 is 22.6 Å². The number of carbonyl (C=O) groups excluding carboxylic acids is 1. The number of halogens is 1. The van der Waals surface area contributed by atoms with Crippen molar-refractivity contribution < 1.29 is 9.32 Å². The van der Waals surface area contributed by atoms with Gasteiger partial charge in [0.2, 0.25) is 0 Å². The van der Waals surface area contributed by atoms with Gasteiger partial charge in [-0.1, -0.05) is 23.4 Å². The van der Waals surface area contributed by atoms with Gasteiger partial charge in [-0.15, -0.1) is 0 Å². The SMILES string of the molecule is Cc1cc(/C(=C/Nc2ccc(I)cc2)C(=O)Nc2ccccc2)on1. The van der Waals surface area contributed by atoms with Gasteiger partial charge in [-0.25, -0.2) is 0 Å². The third-order valence-corrected chi connectivity index (χ3v) is 4.12. The van der Waals surface area contributed by atoms with Gasteiger partial charge in [-0.2, -0.15) is 0 Å². The maximum atomic E-state index is 12.7. The van der Waals surface area contributed by atoms with Crippen molar-refractivity contribution in [2.45, 2.75) is 6.92 Å². The molecule has 0 bridgehead atoms. The van der Waals surface area contributed by atoms with Crippen LogP contribution in [0.3, 0.4) is 0 Å². The molecule has 0 aliphatic carbocycles. The highest BCUT2D eigenvalue weighted by molar-refractivity contribution is 14.1. The molecule has 25 heavy (non-hydrogen) atoms. The molecule has 0 spiro atoms. The number of aryl methyl sites for hydroxylation is 1. The summed E-state index contributed by atoms with van der Waals surface area (Å²) >= 11 is 2.24. The van der Waals surface area contributed by atoms with E-state index in [-0.39, 0.29) is 5.91 Å². The molecule has 0 fully saturated rings. The summed E-state index contributed by atoms with van der Waals surface area (Å²) in [5.41, 5.74) is 2.66. The molecule has 0 saturated carbocycles. The van der Waals surface area contributed by atoms with E-state index in [1.807, 2.05) is 61.5 Å². The predicted octanol–water partition coefficient (Wildman–Crippen LogP) is 4.68. The fourth-order valence-corrected chi connectivity index (χ4v) is 2.52. The fourth-order valence-electron chi connectivity index (χ4n) is 2.16. The Morgan fingerprint density at radius 3 is 2.44 bits per heavy atom. The van der Waals surface area contributed by atoms with Crippen LogP contribution in [0.2, 0.25) is 0 Å². The molecule has 0 atom stereocenters. The summed E-state index contributed by atoms with van der Waals surface area (Å²) in [6.07, 6.45) is 1.63. The Morgan fingerprint density at radius 2 is 1.80 bits per heavy atom. The molecule has 0 radical (unpaired) electrons. The molecule has 5 nitrogen and oxygen atoms in total. The largest absolute Gasteiger partial charge is 0.361 e. The highest BCUT2D eigenvalue weighted by Gasteiger charge is 2.17. The standard InChI is InChI=1S/C19H16IN3O2/c1-13-11-18(25-23-13)17(12-21-15-9-7-14(20)8-10-15)19(24)22-16-5-3-2-4-6-16/h2-12,21H,1H3,(H,22,24)/b17-12-. The van der Waals surface area contributed by atoms with Gasteiger partial charge in [0.1, 0.15) is 5.57 Å². The molecule has 6 heteroatoms. The minimum absolute atomic E-state index is 0.277. The Morgan fingerprint density at radius 1 is 1.08 bits per heavy atom. The number of rotatable bonds is 5. The zero-order valence-corrected chi connectivity index (χ0v) is 15.7. The predicted molar refractivity (Wildman–Crippen MR) is 107 cm³/mol. The van der Waals surface area contributed by atoms with Crippen molar-refractivity contribution in [3.8, 4) is 0 Å². The van der Waals surface area contributed by atoms with E-state index in [1.165, 1.54) is 0 Å². The molecule has 2 N–H and O–H groups in total. The second-order valence-electron chi connectivity index (χ2n) is 5.36. The third kappa shape index (κ3) is 4.69. The molecule has 1 heterocycles. The van der Waals surface area contributed by atoms with Crippen LogP contribution in [0.1, 0.15) is 11.5 Å². The monoisotopic (exact) mass is 445 g/mol. The van der Waals surface area contributed by atoms with Crippen molar-refractivity contribution >= 4 is 45.4 Å². The van der Waals surface area contributed by atoms with Crippen LogP contribution in [0, 0.1) is 10.5 Å². The minimum atomic E-state index is -0.277.